The number of sulfone groups is 1. The molecule has 1 saturated heterocycles. The van der Waals surface area contributed by atoms with Crippen molar-refractivity contribution in [3.63, 3.8) is 0 Å². The van der Waals surface area contributed by atoms with Crippen LogP contribution in [0.3, 0.4) is 0 Å². The van der Waals surface area contributed by atoms with Gasteiger partial charge in [0.25, 0.3) is 0 Å². The lowest BCUT2D eigenvalue weighted by molar-refractivity contribution is 0.0564. The van der Waals surface area contributed by atoms with E-state index >= 15 is 0 Å². The van der Waals surface area contributed by atoms with Crippen LogP contribution in [0.5, 0.6) is 0 Å². The normalized spacial score (nSPS) is 27.8. The summed E-state index contributed by atoms with van der Waals surface area (Å²) in [4.78, 5) is 2.45. The van der Waals surface area contributed by atoms with E-state index in [1.807, 2.05) is 0 Å². The molecule has 1 atom stereocenters. The second-order valence-corrected chi connectivity index (χ2v) is 9.02. The molecule has 0 amide bonds. The van der Waals surface area contributed by atoms with Gasteiger partial charge in [0, 0.05) is 37.5 Å². The molecule has 1 heterocycles. The van der Waals surface area contributed by atoms with E-state index in [9.17, 15) is 8.42 Å². The van der Waals surface area contributed by atoms with E-state index in [-0.39, 0.29) is 5.54 Å². The minimum Gasteiger partial charge on any atom is -0.308 e. The first kappa shape index (κ1) is 16.2. The number of piperazine rings is 1. The SMILES string of the molecule is CCCC1CNC2(CCCCC2)CN1CCS(C)(=O)=O. The zero-order chi connectivity index (χ0) is 14.6. The smallest absolute Gasteiger partial charge is 0.148 e. The van der Waals surface area contributed by atoms with Crippen molar-refractivity contribution in [2.75, 3.05) is 31.6 Å². The van der Waals surface area contributed by atoms with E-state index in [1.165, 1.54) is 38.4 Å². The molecule has 1 N–H and O–H groups in total. The number of hydrogen-bond donors (Lipinski definition) is 1. The molecule has 2 aliphatic rings. The van der Waals surface area contributed by atoms with Gasteiger partial charge in [-0.1, -0.05) is 32.6 Å². The maximum Gasteiger partial charge on any atom is 0.148 e. The molecule has 0 aromatic rings. The van der Waals surface area contributed by atoms with Crippen LogP contribution in [0.1, 0.15) is 51.9 Å². The molecule has 1 unspecified atom stereocenters. The fourth-order valence-corrected chi connectivity index (χ4v) is 4.33. The molecule has 1 saturated carbocycles. The van der Waals surface area contributed by atoms with Gasteiger partial charge in [-0.3, -0.25) is 4.90 Å². The van der Waals surface area contributed by atoms with Crippen LogP contribution in [-0.2, 0) is 9.84 Å². The summed E-state index contributed by atoms with van der Waals surface area (Å²) >= 11 is 0. The Labute approximate surface area is 124 Å². The molecule has 20 heavy (non-hydrogen) atoms. The minimum absolute atomic E-state index is 0.264. The van der Waals surface area contributed by atoms with Crippen LogP contribution < -0.4 is 5.32 Å². The van der Waals surface area contributed by atoms with Crippen LogP contribution in [0.15, 0.2) is 0 Å². The standard InChI is InChI=1S/C15H30N2O2S/c1-3-7-14-12-16-15(8-5-4-6-9-15)13-17(14)10-11-20(2,18)19/h14,16H,3-13H2,1-2H3. The van der Waals surface area contributed by atoms with E-state index < -0.39 is 9.84 Å². The third-order valence-corrected chi connectivity index (χ3v) is 5.84. The van der Waals surface area contributed by atoms with Crippen LogP contribution in [0.2, 0.25) is 0 Å². The van der Waals surface area contributed by atoms with Gasteiger partial charge in [0.1, 0.15) is 9.84 Å². The first-order chi connectivity index (χ1) is 9.44. The zero-order valence-corrected chi connectivity index (χ0v) is 13.8. The van der Waals surface area contributed by atoms with Crippen molar-refractivity contribution >= 4 is 9.84 Å². The summed E-state index contributed by atoms with van der Waals surface area (Å²) in [7, 11) is -2.87. The maximum atomic E-state index is 11.5. The Morgan fingerprint density at radius 1 is 1.25 bits per heavy atom. The molecule has 0 aromatic carbocycles. The van der Waals surface area contributed by atoms with Crippen molar-refractivity contribution in [1.29, 1.82) is 0 Å². The number of rotatable bonds is 5. The van der Waals surface area contributed by atoms with Crippen LogP contribution in [-0.4, -0.2) is 56.5 Å². The molecule has 2 fully saturated rings. The third kappa shape index (κ3) is 4.43. The van der Waals surface area contributed by atoms with Gasteiger partial charge in [-0.15, -0.1) is 0 Å². The van der Waals surface area contributed by atoms with Crippen molar-refractivity contribution in [2.45, 2.75) is 63.5 Å². The second kappa shape index (κ2) is 6.75. The lowest BCUT2D eigenvalue weighted by Gasteiger charge is -2.50. The van der Waals surface area contributed by atoms with E-state index in [2.05, 4.69) is 17.1 Å². The highest BCUT2D eigenvalue weighted by molar-refractivity contribution is 7.90. The number of nitrogens with one attached hydrogen (secondary N) is 1. The molecule has 1 spiro atoms. The second-order valence-electron chi connectivity index (χ2n) is 6.76. The summed E-state index contributed by atoms with van der Waals surface area (Å²) in [6.07, 6.45) is 10.1. The monoisotopic (exact) mass is 302 g/mol. The van der Waals surface area contributed by atoms with Gasteiger partial charge in [-0.05, 0) is 19.3 Å². The quantitative estimate of drug-likeness (QED) is 0.841. The van der Waals surface area contributed by atoms with E-state index in [0.29, 0.717) is 18.3 Å². The van der Waals surface area contributed by atoms with E-state index in [4.69, 9.17) is 0 Å². The predicted molar refractivity (Wildman–Crippen MR) is 83.8 cm³/mol. The Morgan fingerprint density at radius 2 is 1.95 bits per heavy atom. The van der Waals surface area contributed by atoms with Gasteiger partial charge >= 0.3 is 0 Å². The van der Waals surface area contributed by atoms with Crippen molar-refractivity contribution < 1.29 is 8.42 Å². The maximum absolute atomic E-state index is 11.5. The molecule has 2 rings (SSSR count). The first-order valence-corrected chi connectivity index (χ1v) is 10.2. The summed E-state index contributed by atoms with van der Waals surface area (Å²) in [6, 6.07) is 0.509. The van der Waals surface area contributed by atoms with Gasteiger partial charge in [-0.25, -0.2) is 8.42 Å². The van der Waals surface area contributed by atoms with Gasteiger partial charge in [0.05, 0.1) is 5.75 Å². The lowest BCUT2D eigenvalue weighted by atomic mass is 9.79. The largest absolute Gasteiger partial charge is 0.308 e. The summed E-state index contributed by atoms with van der Waals surface area (Å²) in [5.41, 5.74) is 0.264. The fourth-order valence-electron chi connectivity index (χ4n) is 3.76. The molecule has 118 valence electrons. The minimum atomic E-state index is -2.87. The van der Waals surface area contributed by atoms with Crippen molar-refractivity contribution in [1.82, 2.24) is 10.2 Å². The summed E-state index contributed by atoms with van der Waals surface area (Å²) in [6.45, 7) is 4.97. The Bertz CT molecular complexity index is 402. The summed E-state index contributed by atoms with van der Waals surface area (Å²) in [5.74, 6) is 0.295. The van der Waals surface area contributed by atoms with Crippen LogP contribution in [0.4, 0.5) is 0 Å². The molecule has 5 heteroatoms. The van der Waals surface area contributed by atoms with E-state index in [1.54, 1.807) is 0 Å². The van der Waals surface area contributed by atoms with Crippen molar-refractivity contribution in [3.8, 4) is 0 Å². The van der Waals surface area contributed by atoms with Gasteiger partial charge in [-0.2, -0.15) is 0 Å². The van der Waals surface area contributed by atoms with Crippen LogP contribution >= 0.6 is 0 Å². The molecule has 1 aliphatic carbocycles. The molecule has 0 aromatic heterocycles. The zero-order valence-electron chi connectivity index (χ0n) is 13.0. The highest BCUT2D eigenvalue weighted by Gasteiger charge is 2.39. The molecule has 1 aliphatic heterocycles. The molecule has 0 radical (unpaired) electrons. The fraction of sp³-hybridized carbons (Fsp3) is 1.00. The van der Waals surface area contributed by atoms with Gasteiger partial charge in [0.2, 0.25) is 0 Å². The lowest BCUT2D eigenvalue weighted by Crippen LogP contribution is -2.65. The van der Waals surface area contributed by atoms with Crippen molar-refractivity contribution in [2.24, 2.45) is 0 Å². The molecular formula is C15H30N2O2S. The number of hydrogen-bond acceptors (Lipinski definition) is 4. The Morgan fingerprint density at radius 3 is 2.55 bits per heavy atom. The molecule has 0 bridgehead atoms. The highest BCUT2D eigenvalue weighted by atomic mass is 32.2. The Balaban J connectivity index is 2.00. The van der Waals surface area contributed by atoms with Crippen LogP contribution in [0, 0.1) is 0 Å². The Kier molecular flexibility index (Phi) is 5.49. The van der Waals surface area contributed by atoms with Crippen LogP contribution in [0.25, 0.3) is 0 Å². The third-order valence-electron chi connectivity index (χ3n) is 4.92. The molecule has 4 nitrogen and oxygen atoms in total. The summed E-state index contributed by atoms with van der Waals surface area (Å²) < 4.78 is 22.9. The molecular weight excluding hydrogens is 272 g/mol. The first-order valence-electron chi connectivity index (χ1n) is 8.11. The van der Waals surface area contributed by atoms with E-state index in [0.717, 1.165) is 25.9 Å². The Hall–Kier alpha value is -0.130. The van der Waals surface area contributed by atoms with Gasteiger partial charge < -0.3 is 5.32 Å². The topological polar surface area (TPSA) is 49.4 Å². The predicted octanol–water partition coefficient (Wildman–Crippen LogP) is 1.81. The highest BCUT2D eigenvalue weighted by Crippen LogP contribution is 2.32. The average molecular weight is 302 g/mol. The number of nitrogens with zero attached hydrogens (tertiary/aromatic N) is 1. The summed E-state index contributed by atoms with van der Waals surface area (Å²) in [5, 5.41) is 3.81. The van der Waals surface area contributed by atoms with Crippen molar-refractivity contribution in [3.05, 3.63) is 0 Å². The average Bonchev–Trinajstić information content (AvgIpc) is 2.40. The van der Waals surface area contributed by atoms with Gasteiger partial charge in [0.15, 0.2) is 0 Å².